The number of aromatic nitrogens is 4. The van der Waals surface area contributed by atoms with Crippen LogP contribution in [0.1, 0.15) is 15.9 Å². The highest BCUT2D eigenvalue weighted by Crippen LogP contribution is 2.26. The predicted molar refractivity (Wildman–Crippen MR) is 116 cm³/mol. The molecule has 4 rings (SSSR count). The van der Waals surface area contributed by atoms with Crippen molar-refractivity contribution in [2.45, 2.75) is 6.92 Å². The first-order valence-corrected chi connectivity index (χ1v) is 9.81. The predicted octanol–water partition coefficient (Wildman–Crippen LogP) is 3.30. The maximum Gasteiger partial charge on any atom is 0.261 e. The molecule has 8 nitrogen and oxygen atoms in total. The number of benzene rings is 2. The van der Waals surface area contributed by atoms with Crippen molar-refractivity contribution in [1.29, 1.82) is 0 Å². The molecular weight excluding hydrogens is 408 g/mol. The molecular formula is C19H16N6O2S2. The van der Waals surface area contributed by atoms with Crippen LogP contribution in [-0.4, -0.2) is 37.9 Å². The number of hydrogen-bond donors (Lipinski definition) is 2. The Morgan fingerprint density at radius 1 is 1.21 bits per heavy atom. The van der Waals surface area contributed by atoms with Crippen molar-refractivity contribution in [1.82, 2.24) is 25.1 Å². The molecule has 1 amide bonds. The molecule has 2 aromatic carbocycles. The van der Waals surface area contributed by atoms with Gasteiger partial charge in [-0.3, -0.25) is 10.1 Å². The molecule has 0 aliphatic carbocycles. The minimum Gasteiger partial charge on any atom is -0.496 e. The van der Waals surface area contributed by atoms with Gasteiger partial charge in [0.25, 0.3) is 5.91 Å². The third kappa shape index (κ3) is 3.93. The summed E-state index contributed by atoms with van der Waals surface area (Å²) in [5, 5.41) is 18.9. The number of anilines is 1. The van der Waals surface area contributed by atoms with Gasteiger partial charge in [-0.1, -0.05) is 23.5 Å². The van der Waals surface area contributed by atoms with Gasteiger partial charge in [0, 0.05) is 11.3 Å². The fraction of sp³-hybridized carbons (Fsp3) is 0.105. The zero-order valence-corrected chi connectivity index (χ0v) is 17.2. The minimum absolute atomic E-state index is 0.199. The minimum atomic E-state index is -0.334. The zero-order valence-electron chi connectivity index (χ0n) is 15.5. The average molecular weight is 425 g/mol. The van der Waals surface area contributed by atoms with Crippen molar-refractivity contribution in [2.24, 2.45) is 0 Å². The van der Waals surface area contributed by atoms with Crippen LogP contribution in [-0.2, 0) is 0 Å². The van der Waals surface area contributed by atoms with E-state index in [1.54, 1.807) is 23.0 Å². The molecule has 0 saturated heterocycles. The average Bonchev–Trinajstić information content (AvgIpc) is 3.30. The quantitative estimate of drug-likeness (QED) is 0.486. The number of carbonyl (C=O) groups excluding carboxylic acids is 1. The largest absolute Gasteiger partial charge is 0.496 e. The van der Waals surface area contributed by atoms with Crippen LogP contribution in [0, 0.1) is 6.92 Å². The molecule has 10 heteroatoms. The SMILES string of the molecule is COc1c(C)cccc1C(=O)NC(=S)Nc1ccc(-c2nn3cnnc3s2)cc1. The lowest BCUT2D eigenvalue weighted by molar-refractivity contribution is 0.0974. The summed E-state index contributed by atoms with van der Waals surface area (Å²) >= 11 is 6.72. The van der Waals surface area contributed by atoms with Crippen LogP contribution in [0.25, 0.3) is 15.5 Å². The van der Waals surface area contributed by atoms with E-state index in [0.29, 0.717) is 11.3 Å². The molecule has 0 saturated carbocycles. The van der Waals surface area contributed by atoms with Crippen LogP contribution in [0.15, 0.2) is 48.8 Å². The van der Waals surface area contributed by atoms with Crippen LogP contribution in [0.2, 0.25) is 0 Å². The number of thiocarbonyl (C=S) groups is 1. The van der Waals surface area contributed by atoms with Gasteiger partial charge in [0.05, 0.1) is 12.7 Å². The summed E-state index contributed by atoms with van der Waals surface area (Å²) in [5.41, 5.74) is 3.00. The number of carbonyl (C=O) groups is 1. The highest BCUT2D eigenvalue weighted by atomic mass is 32.1. The molecule has 0 aliphatic heterocycles. The fourth-order valence-electron chi connectivity index (χ4n) is 2.81. The lowest BCUT2D eigenvalue weighted by Gasteiger charge is -2.13. The maximum atomic E-state index is 12.5. The first-order valence-electron chi connectivity index (χ1n) is 8.58. The van der Waals surface area contributed by atoms with Crippen molar-refractivity contribution >= 4 is 45.2 Å². The summed E-state index contributed by atoms with van der Waals surface area (Å²) < 4.78 is 6.96. The van der Waals surface area contributed by atoms with Crippen LogP contribution < -0.4 is 15.4 Å². The topological polar surface area (TPSA) is 93.4 Å². The number of nitrogens with one attached hydrogen (secondary N) is 2. The van der Waals surface area contributed by atoms with Crippen LogP contribution in [0.4, 0.5) is 5.69 Å². The van der Waals surface area contributed by atoms with Crippen LogP contribution in [0.3, 0.4) is 0 Å². The van der Waals surface area contributed by atoms with Gasteiger partial charge >= 0.3 is 0 Å². The molecule has 2 heterocycles. The van der Waals surface area contributed by atoms with Crippen molar-refractivity contribution in [3.8, 4) is 16.3 Å². The maximum absolute atomic E-state index is 12.5. The van der Waals surface area contributed by atoms with E-state index in [2.05, 4.69) is 25.9 Å². The second-order valence-electron chi connectivity index (χ2n) is 6.11. The van der Waals surface area contributed by atoms with Gasteiger partial charge in [-0.25, -0.2) is 0 Å². The van der Waals surface area contributed by atoms with Gasteiger partial charge in [-0.05, 0) is 55.0 Å². The molecule has 2 N–H and O–H groups in total. The summed E-state index contributed by atoms with van der Waals surface area (Å²) in [5.74, 6) is 0.196. The van der Waals surface area contributed by atoms with Crippen molar-refractivity contribution in [3.05, 3.63) is 59.9 Å². The first kappa shape index (κ1) is 19.0. The first-order chi connectivity index (χ1) is 14.0. The number of ether oxygens (including phenoxy) is 1. The third-order valence-electron chi connectivity index (χ3n) is 4.16. The number of methoxy groups -OCH3 is 1. The van der Waals surface area contributed by atoms with Gasteiger partial charge in [0.15, 0.2) is 5.11 Å². The highest BCUT2D eigenvalue weighted by Gasteiger charge is 2.15. The van der Waals surface area contributed by atoms with E-state index in [1.165, 1.54) is 18.4 Å². The summed E-state index contributed by atoms with van der Waals surface area (Å²) in [7, 11) is 1.54. The van der Waals surface area contributed by atoms with Crippen LogP contribution >= 0.6 is 23.6 Å². The Balaban J connectivity index is 1.43. The Morgan fingerprint density at radius 2 is 2.00 bits per heavy atom. The van der Waals surface area contributed by atoms with E-state index in [1.807, 2.05) is 37.3 Å². The smallest absolute Gasteiger partial charge is 0.261 e. The van der Waals surface area contributed by atoms with Gasteiger partial charge < -0.3 is 10.1 Å². The Labute approximate surface area is 175 Å². The van der Waals surface area contributed by atoms with Crippen molar-refractivity contribution in [2.75, 3.05) is 12.4 Å². The number of hydrogen-bond acceptors (Lipinski definition) is 7. The molecule has 2 aromatic heterocycles. The normalized spacial score (nSPS) is 10.7. The number of aryl methyl sites for hydroxylation is 1. The zero-order chi connectivity index (χ0) is 20.4. The summed E-state index contributed by atoms with van der Waals surface area (Å²) in [4.78, 5) is 13.3. The molecule has 0 spiro atoms. The van der Waals surface area contributed by atoms with E-state index < -0.39 is 0 Å². The second-order valence-corrected chi connectivity index (χ2v) is 7.47. The van der Waals surface area contributed by atoms with Crippen molar-refractivity contribution in [3.63, 3.8) is 0 Å². The molecule has 29 heavy (non-hydrogen) atoms. The lowest BCUT2D eigenvalue weighted by atomic mass is 10.1. The molecule has 0 aliphatic rings. The Hall–Kier alpha value is -3.37. The molecule has 0 unspecified atom stereocenters. The Kier molecular flexibility index (Phi) is 5.19. The molecule has 146 valence electrons. The van der Waals surface area contributed by atoms with E-state index in [0.717, 1.165) is 26.8 Å². The Morgan fingerprint density at radius 3 is 2.72 bits per heavy atom. The van der Waals surface area contributed by atoms with Gasteiger partial charge in [0.2, 0.25) is 4.96 Å². The van der Waals surface area contributed by atoms with E-state index in [-0.39, 0.29) is 11.0 Å². The third-order valence-corrected chi connectivity index (χ3v) is 5.33. The highest BCUT2D eigenvalue weighted by molar-refractivity contribution is 7.80. The molecule has 0 radical (unpaired) electrons. The van der Waals surface area contributed by atoms with Crippen LogP contribution in [0.5, 0.6) is 5.75 Å². The van der Waals surface area contributed by atoms with Crippen molar-refractivity contribution < 1.29 is 9.53 Å². The number of fused-ring (bicyclic) bond motifs is 1. The summed E-state index contributed by atoms with van der Waals surface area (Å²) in [6.45, 7) is 1.88. The molecule has 0 bridgehead atoms. The van der Waals surface area contributed by atoms with Gasteiger partial charge in [0.1, 0.15) is 17.1 Å². The number of rotatable bonds is 4. The van der Waals surface area contributed by atoms with Gasteiger partial charge in [-0.15, -0.1) is 10.2 Å². The van der Waals surface area contributed by atoms with E-state index >= 15 is 0 Å². The molecule has 4 aromatic rings. The molecule has 0 fully saturated rings. The lowest BCUT2D eigenvalue weighted by Crippen LogP contribution is -2.34. The number of para-hydroxylation sites is 1. The van der Waals surface area contributed by atoms with E-state index in [4.69, 9.17) is 17.0 Å². The van der Waals surface area contributed by atoms with E-state index in [9.17, 15) is 4.79 Å². The fourth-order valence-corrected chi connectivity index (χ4v) is 3.84. The standard InChI is InChI=1S/C19H16N6O2S2/c1-11-4-3-5-14(15(11)27-2)16(26)22-18(28)21-13-8-6-12(7-9-13)17-24-25-10-20-23-19(25)29-17/h3-10H,1-2H3,(H2,21,22,26,28). The summed E-state index contributed by atoms with van der Waals surface area (Å²) in [6.07, 6.45) is 1.57. The van der Waals surface area contributed by atoms with Gasteiger partial charge in [-0.2, -0.15) is 9.61 Å². The Bertz CT molecular complexity index is 1170. The summed E-state index contributed by atoms with van der Waals surface area (Å²) in [6, 6.07) is 12.9. The second kappa shape index (κ2) is 7.94. The molecule has 0 atom stereocenters. The monoisotopic (exact) mass is 424 g/mol. The number of amides is 1. The number of nitrogens with zero attached hydrogens (tertiary/aromatic N) is 4.